The number of carbonyl (C=O) groups is 1. The number of nitrogens with zero attached hydrogens (tertiary/aromatic N) is 3. The highest BCUT2D eigenvalue weighted by Crippen LogP contribution is 1.94. The molecule has 0 saturated carbocycles. The predicted molar refractivity (Wildman–Crippen MR) is 49.6 cm³/mol. The van der Waals surface area contributed by atoms with Crippen LogP contribution in [0.2, 0.25) is 0 Å². The first kappa shape index (κ1) is 10.5. The molecule has 6 nitrogen and oxygen atoms in total. The summed E-state index contributed by atoms with van der Waals surface area (Å²) in [6, 6.07) is -0.144. The van der Waals surface area contributed by atoms with E-state index in [1.807, 2.05) is 6.92 Å². The Kier molecular flexibility index (Phi) is 3.44. The van der Waals surface area contributed by atoms with Crippen molar-refractivity contribution >= 4 is 6.03 Å². The third-order valence-corrected chi connectivity index (χ3v) is 1.79. The Bertz CT molecular complexity index is 310. The molecule has 0 spiro atoms. The van der Waals surface area contributed by atoms with Crippen LogP contribution >= 0.6 is 0 Å². The average Bonchev–Trinajstić information content (AvgIpc) is 2.59. The summed E-state index contributed by atoms with van der Waals surface area (Å²) in [6.45, 7) is 4.56. The molecule has 14 heavy (non-hydrogen) atoms. The zero-order valence-electron chi connectivity index (χ0n) is 8.57. The van der Waals surface area contributed by atoms with E-state index in [4.69, 9.17) is 4.52 Å². The summed E-state index contributed by atoms with van der Waals surface area (Å²) in [6.07, 6.45) is 0. The molecule has 1 aromatic heterocycles. The second-order valence-electron chi connectivity index (χ2n) is 2.90. The van der Waals surface area contributed by atoms with Gasteiger partial charge in [-0.05, 0) is 6.92 Å². The Morgan fingerprint density at radius 1 is 1.64 bits per heavy atom. The van der Waals surface area contributed by atoms with Crippen LogP contribution in [0.5, 0.6) is 0 Å². The molecule has 0 fully saturated rings. The monoisotopic (exact) mass is 198 g/mol. The van der Waals surface area contributed by atoms with Gasteiger partial charge >= 0.3 is 6.03 Å². The molecule has 0 radical (unpaired) electrons. The zero-order valence-corrected chi connectivity index (χ0v) is 8.57. The lowest BCUT2D eigenvalue weighted by Gasteiger charge is -2.14. The summed E-state index contributed by atoms with van der Waals surface area (Å²) in [5, 5.41) is 6.32. The number of hydrogen-bond acceptors (Lipinski definition) is 4. The van der Waals surface area contributed by atoms with Gasteiger partial charge in [0.1, 0.15) is 0 Å². The topological polar surface area (TPSA) is 71.3 Å². The minimum atomic E-state index is -0.144. The third kappa shape index (κ3) is 2.72. The molecule has 0 atom stereocenters. The highest BCUT2D eigenvalue weighted by molar-refractivity contribution is 5.73. The van der Waals surface area contributed by atoms with Crippen LogP contribution in [0.15, 0.2) is 4.52 Å². The van der Waals surface area contributed by atoms with Crippen molar-refractivity contribution in [3.63, 3.8) is 0 Å². The van der Waals surface area contributed by atoms with Crippen LogP contribution in [-0.2, 0) is 6.54 Å². The summed E-state index contributed by atoms with van der Waals surface area (Å²) in [5.41, 5.74) is 0. The Morgan fingerprint density at radius 3 is 2.86 bits per heavy atom. The maximum Gasteiger partial charge on any atom is 0.317 e. The van der Waals surface area contributed by atoms with Crippen molar-refractivity contribution in [2.45, 2.75) is 20.4 Å². The van der Waals surface area contributed by atoms with Crippen molar-refractivity contribution in [2.24, 2.45) is 0 Å². The van der Waals surface area contributed by atoms with Crippen molar-refractivity contribution in [1.82, 2.24) is 20.4 Å². The first-order chi connectivity index (χ1) is 6.63. The summed E-state index contributed by atoms with van der Waals surface area (Å²) < 4.78 is 4.76. The Hall–Kier alpha value is -1.59. The van der Waals surface area contributed by atoms with Gasteiger partial charge < -0.3 is 14.7 Å². The fraction of sp³-hybridized carbons (Fsp3) is 0.625. The van der Waals surface area contributed by atoms with E-state index in [0.29, 0.717) is 24.8 Å². The van der Waals surface area contributed by atoms with Crippen molar-refractivity contribution in [2.75, 3.05) is 13.6 Å². The minimum Gasteiger partial charge on any atom is -0.340 e. The third-order valence-electron chi connectivity index (χ3n) is 1.79. The Labute approximate surface area is 82.3 Å². The Balaban J connectivity index is 2.37. The van der Waals surface area contributed by atoms with Gasteiger partial charge in [-0.15, -0.1) is 0 Å². The summed E-state index contributed by atoms with van der Waals surface area (Å²) >= 11 is 0. The molecule has 6 heteroatoms. The van der Waals surface area contributed by atoms with Gasteiger partial charge in [0.15, 0.2) is 5.82 Å². The van der Waals surface area contributed by atoms with Crippen LogP contribution in [0.4, 0.5) is 4.79 Å². The maximum absolute atomic E-state index is 11.3. The maximum atomic E-state index is 11.3. The van der Waals surface area contributed by atoms with Gasteiger partial charge in [-0.25, -0.2) is 4.79 Å². The van der Waals surface area contributed by atoms with Gasteiger partial charge in [0.2, 0.25) is 5.89 Å². The SMILES string of the molecule is CCN(C)C(=O)NCc1noc(C)n1. The molecule has 0 bridgehead atoms. The molecule has 78 valence electrons. The molecule has 0 saturated heterocycles. The average molecular weight is 198 g/mol. The van der Waals surface area contributed by atoms with E-state index in [-0.39, 0.29) is 6.03 Å². The second kappa shape index (κ2) is 4.59. The number of carbonyl (C=O) groups excluding carboxylic acids is 1. The molecule has 2 amide bonds. The van der Waals surface area contributed by atoms with Gasteiger partial charge in [0.25, 0.3) is 0 Å². The molecular weight excluding hydrogens is 184 g/mol. The van der Waals surface area contributed by atoms with Gasteiger partial charge in [-0.3, -0.25) is 0 Å². The van der Waals surface area contributed by atoms with Crippen molar-refractivity contribution < 1.29 is 9.32 Å². The molecule has 0 aliphatic rings. The first-order valence-corrected chi connectivity index (χ1v) is 4.41. The van der Waals surface area contributed by atoms with Crippen LogP contribution < -0.4 is 5.32 Å². The molecule has 1 rings (SSSR count). The molecule has 0 aromatic carbocycles. The molecule has 1 heterocycles. The molecule has 1 N–H and O–H groups in total. The summed E-state index contributed by atoms with van der Waals surface area (Å²) in [4.78, 5) is 16.8. The lowest BCUT2D eigenvalue weighted by molar-refractivity contribution is 0.210. The number of amides is 2. The number of rotatable bonds is 3. The largest absolute Gasteiger partial charge is 0.340 e. The number of nitrogens with one attached hydrogen (secondary N) is 1. The van der Waals surface area contributed by atoms with Crippen LogP contribution in [0.25, 0.3) is 0 Å². The van der Waals surface area contributed by atoms with E-state index < -0.39 is 0 Å². The van der Waals surface area contributed by atoms with Gasteiger partial charge in [-0.2, -0.15) is 4.98 Å². The minimum absolute atomic E-state index is 0.144. The van der Waals surface area contributed by atoms with Gasteiger partial charge in [-0.1, -0.05) is 5.16 Å². The van der Waals surface area contributed by atoms with E-state index in [1.54, 1.807) is 18.9 Å². The fourth-order valence-corrected chi connectivity index (χ4v) is 0.846. The van der Waals surface area contributed by atoms with Crippen LogP contribution in [0.1, 0.15) is 18.6 Å². The van der Waals surface area contributed by atoms with Crippen molar-refractivity contribution in [1.29, 1.82) is 0 Å². The second-order valence-corrected chi connectivity index (χ2v) is 2.90. The molecule has 0 aliphatic heterocycles. The predicted octanol–water partition coefficient (Wildman–Crippen LogP) is 0.539. The van der Waals surface area contributed by atoms with Crippen LogP contribution in [-0.4, -0.2) is 34.7 Å². The van der Waals surface area contributed by atoms with Crippen molar-refractivity contribution in [3.05, 3.63) is 11.7 Å². The fourth-order valence-electron chi connectivity index (χ4n) is 0.846. The van der Waals surface area contributed by atoms with Crippen molar-refractivity contribution in [3.8, 4) is 0 Å². The van der Waals surface area contributed by atoms with Crippen LogP contribution in [0.3, 0.4) is 0 Å². The number of aromatic nitrogens is 2. The quantitative estimate of drug-likeness (QED) is 0.769. The van der Waals surface area contributed by atoms with E-state index in [0.717, 1.165) is 0 Å². The highest BCUT2D eigenvalue weighted by Gasteiger charge is 2.07. The van der Waals surface area contributed by atoms with Gasteiger partial charge in [0.05, 0.1) is 6.54 Å². The first-order valence-electron chi connectivity index (χ1n) is 4.41. The van der Waals surface area contributed by atoms with E-state index in [2.05, 4.69) is 15.5 Å². The standard InChI is InChI=1S/C8H14N4O2/c1-4-12(3)8(13)9-5-7-10-6(2)14-11-7/h4-5H2,1-3H3,(H,9,13). The lowest BCUT2D eigenvalue weighted by Crippen LogP contribution is -2.36. The van der Waals surface area contributed by atoms with E-state index in [9.17, 15) is 4.79 Å². The lowest BCUT2D eigenvalue weighted by atomic mass is 10.5. The molecule has 0 unspecified atom stereocenters. The number of aryl methyl sites for hydroxylation is 1. The van der Waals surface area contributed by atoms with E-state index >= 15 is 0 Å². The molecular formula is C8H14N4O2. The molecule has 1 aromatic rings. The highest BCUT2D eigenvalue weighted by atomic mass is 16.5. The summed E-state index contributed by atoms with van der Waals surface area (Å²) in [5.74, 6) is 0.985. The Morgan fingerprint density at radius 2 is 2.36 bits per heavy atom. The smallest absolute Gasteiger partial charge is 0.317 e. The van der Waals surface area contributed by atoms with Crippen LogP contribution in [0, 0.1) is 6.92 Å². The summed E-state index contributed by atoms with van der Waals surface area (Å²) in [7, 11) is 1.72. The normalized spacial score (nSPS) is 9.93. The van der Waals surface area contributed by atoms with Gasteiger partial charge in [0, 0.05) is 20.5 Å². The molecule has 0 aliphatic carbocycles. The van der Waals surface area contributed by atoms with E-state index in [1.165, 1.54) is 0 Å². The number of urea groups is 1. The zero-order chi connectivity index (χ0) is 10.6. The number of hydrogen-bond donors (Lipinski definition) is 1.